The Bertz CT molecular complexity index is 144. The zero-order chi connectivity index (χ0) is 6.81. The maximum absolute atomic E-state index is 5.12. The van der Waals surface area contributed by atoms with Gasteiger partial charge < -0.3 is 4.74 Å². The topological polar surface area (TPSA) is 9.23 Å². The molecule has 0 aliphatic carbocycles. The lowest BCUT2D eigenvalue weighted by Gasteiger charge is -2.29. The molecule has 2 radical (unpaired) electrons. The average Bonchev–Trinajstić information content (AvgIpc) is 2.05. The third-order valence-electron chi connectivity index (χ3n) is 1.87. The molecule has 2 aliphatic rings. The van der Waals surface area contributed by atoms with Crippen LogP contribution in [0.25, 0.3) is 0 Å². The fourth-order valence-corrected chi connectivity index (χ4v) is 2.40. The van der Waals surface area contributed by atoms with Crippen LogP contribution in [0.15, 0.2) is 12.2 Å². The summed E-state index contributed by atoms with van der Waals surface area (Å²) in [5.41, 5.74) is 0. The highest BCUT2D eigenvalue weighted by atomic mass is 32.2. The van der Waals surface area contributed by atoms with Crippen LogP contribution in [0.3, 0.4) is 0 Å². The van der Waals surface area contributed by atoms with Crippen LogP contribution < -0.4 is 0 Å². The summed E-state index contributed by atoms with van der Waals surface area (Å²) in [4.78, 5) is 0. The molecule has 0 saturated carbocycles. The number of fused-ring (bicyclic) bond motifs is 1. The van der Waals surface area contributed by atoms with E-state index in [2.05, 4.69) is 18.8 Å². The maximum atomic E-state index is 5.12. The molecule has 54 valence electrons. The summed E-state index contributed by atoms with van der Waals surface area (Å²) in [6, 6.07) is 0. The normalized spacial score (nSPS) is 39.2. The molecule has 2 heteroatoms. The van der Waals surface area contributed by atoms with Crippen LogP contribution in [-0.2, 0) is 4.74 Å². The van der Waals surface area contributed by atoms with Crippen molar-refractivity contribution in [3.63, 3.8) is 0 Å². The first-order chi connectivity index (χ1) is 4.97. The highest BCUT2D eigenvalue weighted by Crippen LogP contribution is 2.33. The molecular weight excluding hydrogens is 144 g/mol. The Morgan fingerprint density at radius 3 is 3.50 bits per heavy atom. The van der Waals surface area contributed by atoms with Crippen LogP contribution in [-0.4, -0.2) is 17.6 Å². The number of ether oxygens (including phenoxy) is 1. The third-order valence-corrected chi connectivity index (χ3v) is 3.22. The van der Waals surface area contributed by atoms with E-state index >= 15 is 0 Å². The van der Waals surface area contributed by atoms with Gasteiger partial charge in [0, 0.05) is 23.5 Å². The Hall–Kier alpha value is 0.0500. The Morgan fingerprint density at radius 2 is 2.60 bits per heavy atom. The Balaban J connectivity index is 2.03. The van der Waals surface area contributed by atoms with Gasteiger partial charge >= 0.3 is 0 Å². The summed E-state index contributed by atoms with van der Waals surface area (Å²) in [5.74, 6) is 1.63. The van der Waals surface area contributed by atoms with Crippen molar-refractivity contribution in [1.29, 1.82) is 0 Å². The summed E-state index contributed by atoms with van der Waals surface area (Å²) in [7, 11) is 0. The van der Waals surface area contributed by atoms with Crippen molar-refractivity contribution in [2.75, 3.05) is 12.4 Å². The fraction of sp³-hybridized carbons (Fsp3) is 0.625. The highest BCUT2D eigenvalue weighted by Gasteiger charge is 2.26. The van der Waals surface area contributed by atoms with Gasteiger partial charge in [-0.2, -0.15) is 11.8 Å². The van der Waals surface area contributed by atoms with Gasteiger partial charge in [-0.3, -0.25) is 0 Å². The quantitative estimate of drug-likeness (QED) is 0.491. The molecule has 0 aromatic heterocycles. The van der Waals surface area contributed by atoms with E-state index < -0.39 is 0 Å². The van der Waals surface area contributed by atoms with Crippen LogP contribution in [0.1, 0.15) is 6.42 Å². The van der Waals surface area contributed by atoms with Crippen molar-refractivity contribution in [2.45, 2.75) is 11.7 Å². The Labute approximate surface area is 65.8 Å². The van der Waals surface area contributed by atoms with Gasteiger partial charge in [0.2, 0.25) is 0 Å². The zero-order valence-electron chi connectivity index (χ0n) is 5.75. The van der Waals surface area contributed by atoms with Gasteiger partial charge in [-0.05, 0) is 6.42 Å². The molecule has 2 rings (SSSR count). The van der Waals surface area contributed by atoms with Crippen molar-refractivity contribution in [3.8, 4) is 0 Å². The smallest absolute Gasteiger partial charge is 0.140 e. The summed E-state index contributed by atoms with van der Waals surface area (Å²) in [5, 5.41) is 0.749. The van der Waals surface area contributed by atoms with Gasteiger partial charge in [0.1, 0.15) is 6.61 Å². The van der Waals surface area contributed by atoms with Crippen LogP contribution in [0.4, 0.5) is 0 Å². The number of hydrogen-bond donors (Lipinski definition) is 0. The second kappa shape index (κ2) is 2.97. The Morgan fingerprint density at radius 1 is 1.60 bits per heavy atom. The molecule has 0 amide bonds. The van der Waals surface area contributed by atoms with Gasteiger partial charge in [-0.25, -0.2) is 0 Å². The van der Waals surface area contributed by atoms with E-state index in [1.165, 1.54) is 12.2 Å². The van der Waals surface area contributed by atoms with E-state index in [-0.39, 0.29) is 0 Å². The lowest BCUT2D eigenvalue weighted by atomic mass is 10.0. The summed E-state index contributed by atoms with van der Waals surface area (Å²) >= 11 is 2.02. The molecule has 10 heavy (non-hydrogen) atoms. The molecule has 0 aromatic carbocycles. The minimum Gasteiger partial charge on any atom is -0.368 e. The fourth-order valence-electron chi connectivity index (χ4n) is 1.32. The van der Waals surface area contributed by atoms with E-state index in [1.807, 2.05) is 11.8 Å². The molecule has 1 nitrogen and oxygen atoms in total. The predicted molar refractivity (Wildman–Crippen MR) is 42.7 cm³/mol. The molecule has 0 aromatic rings. The molecule has 0 N–H and O–H groups in total. The molecule has 1 fully saturated rings. The van der Waals surface area contributed by atoms with Gasteiger partial charge in [0.15, 0.2) is 0 Å². The summed E-state index contributed by atoms with van der Waals surface area (Å²) in [6.07, 6.45) is 5.60. The van der Waals surface area contributed by atoms with Gasteiger partial charge in [0.25, 0.3) is 0 Å². The second-order valence-electron chi connectivity index (χ2n) is 2.58. The third kappa shape index (κ3) is 1.23. The average molecular weight is 154 g/mol. The van der Waals surface area contributed by atoms with E-state index in [0.29, 0.717) is 5.92 Å². The molecule has 2 heterocycles. The standard InChI is InChI=1S/C8H10OS/c1-2-7-6-9-4-3-8(7)10-5-1/h1-2,7-8H,3-5H2. The molecule has 2 aliphatic heterocycles. The summed E-state index contributed by atoms with van der Waals surface area (Å²) < 4.78 is 5.12. The van der Waals surface area contributed by atoms with E-state index in [4.69, 9.17) is 4.74 Å². The molecule has 0 spiro atoms. The monoisotopic (exact) mass is 154 g/mol. The first-order valence-electron chi connectivity index (χ1n) is 3.62. The van der Waals surface area contributed by atoms with Crippen molar-refractivity contribution >= 4 is 11.8 Å². The van der Waals surface area contributed by atoms with E-state index in [0.717, 1.165) is 11.9 Å². The molecule has 1 saturated heterocycles. The van der Waals surface area contributed by atoms with Crippen LogP contribution in [0.5, 0.6) is 0 Å². The lowest BCUT2D eigenvalue weighted by molar-refractivity contribution is 0.136. The van der Waals surface area contributed by atoms with Crippen LogP contribution >= 0.6 is 11.8 Å². The molecule has 2 unspecified atom stereocenters. The SMILES string of the molecule is [C]1OCCC2SCC=CC12. The Kier molecular flexibility index (Phi) is 2.00. The first kappa shape index (κ1) is 6.74. The second-order valence-corrected chi connectivity index (χ2v) is 3.85. The minimum absolute atomic E-state index is 0.465. The number of hydrogen-bond acceptors (Lipinski definition) is 2. The number of thioether (sulfide) groups is 1. The zero-order valence-corrected chi connectivity index (χ0v) is 6.56. The van der Waals surface area contributed by atoms with Crippen LogP contribution in [0.2, 0.25) is 0 Å². The van der Waals surface area contributed by atoms with Crippen molar-refractivity contribution in [2.24, 2.45) is 5.92 Å². The maximum Gasteiger partial charge on any atom is 0.140 e. The van der Waals surface area contributed by atoms with Crippen molar-refractivity contribution in [3.05, 3.63) is 18.8 Å². The number of rotatable bonds is 0. The van der Waals surface area contributed by atoms with Crippen LogP contribution in [0, 0.1) is 12.5 Å². The molecule has 2 atom stereocenters. The van der Waals surface area contributed by atoms with Gasteiger partial charge in [-0.1, -0.05) is 12.2 Å². The molecule has 0 bridgehead atoms. The largest absolute Gasteiger partial charge is 0.368 e. The first-order valence-corrected chi connectivity index (χ1v) is 4.67. The van der Waals surface area contributed by atoms with Gasteiger partial charge in [0.05, 0.1) is 0 Å². The summed E-state index contributed by atoms with van der Waals surface area (Å²) in [6.45, 7) is 3.88. The van der Waals surface area contributed by atoms with E-state index in [9.17, 15) is 0 Å². The van der Waals surface area contributed by atoms with Crippen molar-refractivity contribution < 1.29 is 4.74 Å². The van der Waals surface area contributed by atoms with E-state index in [1.54, 1.807) is 0 Å². The minimum atomic E-state index is 0.465. The van der Waals surface area contributed by atoms with Crippen molar-refractivity contribution in [1.82, 2.24) is 0 Å². The lowest BCUT2D eigenvalue weighted by Crippen LogP contribution is -2.26. The highest BCUT2D eigenvalue weighted by molar-refractivity contribution is 8.00. The predicted octanol–water partition coefficient (Wildman–Crippen LogP) is 1.73. The van der Waals surface area contributed by atoms with Gasteiger partial charge in [-0.15, -0.1) is 0 Å². The molecular formula is C8H10OS.